The average Bonchev–Trinajstić information content (AvgIpc) is 2.88. The molecular formula is C16H17IN4O3S2. The van der Waals surface area contributed by atoms with Gasteiger partial charge in [-0.15, -0.1) is 0 Å². The number of hydrogen-bond acceptors (Lipinski definition) is 6. The van der Waals surface area contributed by atoms with E-state index in [1.807, 2.05) is 33.3 Å². The molecule has 1 N–H and O–H groups in total. The van der Waals surface area contributed by atoms with E-state index in [0.29, 0.717) is 16.9 Å². The first kappa shape index (κ1) is 20.6. The van der Waals surface area contributed by atoms with Gasteiger partial charge in [0.2, 0.25) is 15.8 Å². The fourth-order valence-electron chi connectivity index (χ4n) is 2.42. The summed E-state index contributed by atoms with van der Waals surface area (Å²) in [6.45, 7) is 1.79. The van der Waals surface area contributed by atoms with Crippen LogP contribution in [-0.4, -0.2) is 43.4 Å². The van der Waals surface area contributed by atoms with Gasteiger partial charge in [-0.05, 0) is 30.7 Å². The van der Waals surface area contributed by atoms with Crippen molar-refractivity contribution >= 4 is 62.7 Å². The maximum absolute atomic E-state index is 12.8. The quantitative estimate of drug-likeness (QED) is 0.281. The fraction of sp³-hybridized carbons (Fsp3) is 0.250. The van der Waals surface area contributed by atoms with Gasteiger partial charge >= 0.3 is 0 Å². The predicted molar refractivity (Wildman–Crippen MR) is 114 cm³/mol. The van der Waals surface area contributed by atoms with Crippen molar-refractivity contribution < 1.29 is 13.2 Å². The average molecular weight is 504 g/mol. The van der Waals surface area contributed by atoms with Crippen LogP contribution in [0.25, 0.3) is 10.9 Å². The minimum atomic E-state index is -3.42. The van der Waals surface area contributed by atoms with Crippen molar-refractivity contribution in [3.05, 3.63) is 41.2 Å². The number of ketones is 1. The number of aryl methyl sites for hydroxylation is 1. The van der Waals surface area contributed by atoms with E-state index >= 15 is 0 Å². The number of fused-ring (bicyclic) bond motifs is 1. The molecule has 0 aliphatic heterocycles. The van der Waals surface area contributed by atoms with Crippen molar-refractivity contribution in [3.63, 3.8) is 0 Å². The van der Waals surface area contributed by atoms with Crippen LogP contribution in [-0.2, 0) is 10.0 Å². The highest BCUT2D eigenvalue weighted by Gasteiger charge is 2.21. The zero-order valence-corrected chi connectivity index (χ0v) is 18.4. The molecule has 0 fully saturated rings. The number of halogens is 1. The van der Waals surface area contributed by atoms with E-state index in [2.05, 4.69) is 4.72 Å². The molecule has 0 radical (unpaired) electrons. The molecule has 0 saturated carbocycles. The summed E-state index contributed by atoms with van der Waals surface area (Å²) in [7, 11) is 1.33. The Hall–Kier alpha value is -1.71. The summed E-state index contributed by atoms with van der Waals surface area (Å²) < 4.78 is 27.3. The van der Waals surface area contributed by atoms with Gasteiger partial charge in [0.15, 0.2) is 0 Å². The number of carbonyl (C=O) groups excluding carboxylic acids is 1. The van der Waals surface area contributed by atoms with Crippen LogP contribution in [0, 0.1) is 18.3 Å². The van der Waals surface area contributed by atoms with Crippen LogP contribution < -0.4 is 4.72 Å². The Morgan fingerprint density at radius 3 is 2.54 bits per heavy atom. The molecule has 0 spiro atoms. The van der Waals surface area contributed by atoms with Gasteiger partial charge in [-0.2, -0.15) is 5.26 Å². The molecule has 2 aromatic rings. The van der Waals surface area contributed by atoms with Crippen molar-refractivity contribution in [1.29, 1.82) is 5.26 Å². The molecular weight excluding hydrogens is 487 g/mol. The second-order valence-corrected chi connectivity index (χ2v) is 9.37. The van der Waals surface area contributed by atoms with Gasteiger partial charge < -0.3 is 4.90 Å². The Balaban J connectivity index is 2.67. The van der Waals surface area contributed by atoms with Gasteiger partial charge in [0.05, 0.1) is 17.5 Å². The first-order chi connectivity index (χ1) is 12.1. The van der Waals surface area contributed by atoms with Gasteiger partial charge in [0.1, 0.15) is 17.3 Å². The zero-order valence-electron chi connectivity index (χ0n) is 14.6. The second kappa shape index (κ2) is 7.89. The number of nitrogens with zero attached hydrogens (tertiary/aromatic N) is 3. The molecule has 7 nitrogen and oxygen atoms in total. The number of rotatable bonds is 6. The molecule has 0 unspecified atom stereocenters. The lowest BCUT2D eigenvalue weighted by molar-refractivity contribution is 0.103. The van der Waals surface area contributed by atoms with E-state index in [-0.39, 0.29) is 5.57 Å². The zero-order chi connectivity index (χ0) is 19.6. The number of sulfonamides is 1. The summed E-state index contributed by atoms with van der Waals surface area (Å²) in [5.41, 5.74) is 2.25. The molecule has 1 aromatic heterocycles. The highest BCUT2D eigenvalue weighted by molar-refractivity contribution is 14.2. The van der Waals surface area contributed by atoms with E-state index in [1.165, 1.54) is 15.3 Å². The van der Waals surface area contributed by atoms with Crippen LogP contribution in [0.4, 0.5) is 5.69 Å². The number of allylic oxidation sites excluding steroid dienone is 1. The minimum absolute atomic E-state index is 0.0238. The summed E-state index contributed by atoms with van der Waals surface area (Å²) in [4.78, 5) is 14.4. The molecule has 0 aliphatic carbocycles. The Kier molecular flexibility index (Phi) is 6.25. The summed E-state index contributed by atoms with van der Waals surface area (Å²) in [6.07, 6.45) is 2.56. The number of aromatic nitrogens is 1. The van der Waals surface area contributed by atoms with Gasteiger partial charge in [0, 0.05) is 56.0 Å². The SMILES string of the molecule is Cc1cc2cc(C(=O)/C(C#N)=C/N(C)C)n(SI)c2cc1NS(C)(=O)=O. The van der Waals surface area contributed by atoms with Crippen LogP contribution in [0.5, 0.6) is 0 Å². The van der Waals surface area contributed by atoms with Crippen LogP contribution in [0.3, 0.4) is 0 Å². The Bertz CT molecular complexity index is 1050. The van der Waals surface area contributed by atoms with E-state index < -0.39 is 15.8 Å². The Morgan fingerprint density at radius 2 is 2.04 bits per heavy atom. The summed E-state index contributed by atoms with van der Waals surface area (Å²) in [6, 6.07) is 7.14. The summed E-state index contributed by atoms with van der Waals surface area (Å²) in [5, 5.41) is 10.1. The van der Waals surface area contributed by atoms with Crippen LogP contribution in [0.2, 0.25) is 0 Å². The maximum atomic E-state index is 12.8. The number of nitriles is 1. The largest absolute Gasteiger partial charge is 0.382 e. The third kappa shape index (κ3) is 4.52. The van der Waals surface area contributed by atoms with Gasteiger partial charge in [0.25, 0.3) is 0 Å². The van der Waals surface area contributed by atoms with E-state index in [9.17, 15) is 18.5 Å². The molecule has 0 saturated heterocycles. The molecule has 1 heterocycles. The van der Waals surface area contributed by atoms with Gasteiger partial charge in [-0.1, -0.05) is 0 Å². The molecule has 138 valence electrons. The molecule has 0 atom stereocenters. The van der Waals surface area contributed by atoms with Crippen LogP contribution in [0.1, 0.15) is 16.1 Å². The lowest BCUT2D eigenvalue weighted by atomic mass is 10.1. The smallest absolute Gasteiger partial charge is 0.229 e. The molecule has 0 amide bonds. The lowest BCUT2D eigenvalue weighted by Gasteiger charge is -2.10. The summed E-state index contributed by atoms with van der Waals surface area (Å²) in [5.74, 6) is -0.392. The molecule has 10 heteroatoms. The highest BCUT2D eigenvalue weighted by Crippen LogP contribution is 2.33. The number of carbonyl (C=O) groups is 1. The monoisotopic (exact) mass is 504 g/mol. The lowest BCUT2D eigenvalue weighted by Crippen LogP contribution is -2.11. The van der Waals surface area contributed by atoms with Crippen molar-refractivity contribution in [2.75, 3.05) is 25.1 Å². The van der Waals surface area contributed by atoms with Crippen LogP contribution in [0.15, 0.2) is 30.0 Å². The molecule has 2 rings (SSSR count). The fourth-order valence-corrected chi connectivity index (χ4v) is 4.76. The van der Waals surface area contributed by atoms with Gasteiger partial charge in [-0.3, -0.25) is 13.5 Å². The molecule has 0 bridgehead atoms. The van der Waals surface area contributed by atoms with Gasteiger partial charge in [-0.25, -0.2) is 8.42 Å². The maximum Gasteiger partial charge on any atom is 0.229 e. The molecule has 26 heavy (non-hydrogen) atoms. The summed E-state index contributed by atoms with van der Waals surface area (Å²) >= 11 is 2.04. The van der Waals surface area contributed by atoms with E-state index in [1.54, 1.807) is 42.0 Å². The predicted octanol–water partition coefficient (Wildman–Crippen LogP) is 3.32. The first-order valence-electron chi connectivity index (χ1n) is 7.33. The third-order valence-electron chi connectivity index (χ3n) is 3.45. The Labute approximate surface area is 168 Å². The highest BCUT2D eigenvalue weighted by atomic mass is 127. The van der Waals surface area contributed by atoms with E-state index in [0.717, 1.165) is 17.2 Å². The number of anilines is 1. The standard InChI is InChI=1S/C16H17IN4O3S2/c1-10-5-11-6-15(16(22)12(8-18)9-20(2)3)21(25-17)14(11)7-13(10)19-26(4,23)24/h5-7,9,19H,1-4H3/b12-9+. The minimum Gasteiger partial charge on any atom is -0.382 e. The number of hydrogen-bond donors (Lipinski definition) is 1. The van der Waals surface area contributed by atoms with Crippen LogP contribution >= 0.6 is 30.3 Å². The first-order valence-corrected chi connectivity index (χ1v) is 12.5. The van der Waals surface area contributed by atoms with Crippen molar-refractivity contribution in [3.8, 4) is 6.07 Å². The van der Waals surface area contributed by atoms with Crippen molar-refractivity contribution in [1.82, 2.24) is 8.87 Å². The van der Waals surface area contributed by atoms with E-state index in [4.69, 9.17) is 0 Å². The Morgan fingerprint density at radius 1 is 1.38 bits per heavy atom. The number of nitrogens with one attached hydrogen (secondary N) is 1. The normalized spacial score (nSPS) is 12.1. The van der Waals surface area contributed by atoms with Crippen molar-refractivity contribution in [2.24, 2.45) is 0 Å². The topological polar surface area (TPSA) is 95.2 Å². The number of benzene rings is 1. The molecule has 0 aliphatic rings. The molecule has 1 aromatic carbocycles. The van der Waals surface area contributed by atoms with Crippen molar-refractivity contribution in [2.45, 2.75) is 6.92 Å². The second-order valence-electron chi connectivity index (χ2n) is 5.94. The third-order valence-corrected chi connectivity index (χ3v) is 5.76. The number of Topliss-reactive ketones (excluding diaryl/α,β-unsaturated/α-hetero) is 1.